The van der Waals surface area contributed by atoms with Gasteiger partial charge in [-0.1, -0.05) is 39.7 Å². The van der Waals surface area contributed by atoms with Gasteiger partial charge in [0.1, 0.15) is 0 Å². The van der Waals surface area contributed by atoms with Crippen molar-refractivity contribution in [3.63, 3.8) is 0 Å². The molecule has 0 spiro atoms. The van der Waals surface area contributed by atoms with Crippen LogP contribution in [0.2, 0.25) is 5.02 Å². The van der Waals surface area contributed by atoms with Gasteiger partial charge in [0, 0.05) is 23.0 Å². The van der Waals surface area contributed by atoms with Crippen LogP contribution in [0.15, 0.2) is 46.9 Å². The first kappa shape index (κ1) is 17.0. The number of anilines is 2. The van der Waals surface area contributed by atoms with Crippen molar-refractivity contribution in [1.29, 1.82) is 0 Å². The van der Waals surface area contributed by atoms with Crippen LogP contribution >= 0.6 is 27.5 Å². The Kier molecular flexibility index (Phi) is 4.92. The molecule has 2 atom stereocenters. The normalized spacial score (nSPS) is 18.8. The molecule has 2 N–H and O–H groups in total. The molecule has 3 rings (SSSR count). The fourth-order valence-corrected chi connectivity index (χ4v) is 3.30. The standard InChI is InChI=1S/C18H16BrClN2O2/c1-10(23)21-13-5-6-16(20)17(8-13)22-18(24)15-9-14(15)11-3-2-4-12(19)7-11/h2-8,14-15H,9H2,1H3,(H,21,23)(H,22,24). The van der Waals surface area contributed by atoms with E-state index in [4.69, 9.17) is 11.6 Å². The molecule has 2 aromatic rings. The number of halogens is 2. The lowest BCUT2D eigenvalue weighted by molar-refractivity contribution is -0.117. The molecule has 0 radical (unpaired) electrons. The second-order valence-electron chi connectivity index (χ2n) is 5.87. The summed E-state index contributed by atoms with van der Waals surface area (Å²) >= 11 is 9.60. The topological polar surface area (TPSA) is 58.2 Å². The van der Waals surface area contributed by atoms with Crippen LogP contribution < -0.4 is 10.6 Å². The molecular weight excluding hydrogens is 392 g/mol. The largest absolute Gasteiger partial charge is 0.326 e. The SMILES string of the molecule is CC(=O)Nc1ccc(Cl)c(NC(=O)C2CC2c2cccc(Br)c2)c1. The van der Waals surface area contributed by atoms with E-state index in [1.807, 2.05) is 24.3 Å². The average Bonchev–Trinajstić information content (AvgIpc) is 3.31. The van der Waals surface area contributed by atoms with Crippen molar-refractivity contribution in [2.75, 3.05) is 10.6 Å². The molecule has 0 aliphatic heterocycles. The maximum Gasteiger partial charge on any atom is 0.228 e. The predicted molar refractivity (Wildman–Crippen MR) is 99.4 cm³/mol. The molecule has 0 saturated heterocycles. The van der Waals surface area contributed by atoms with Crippen molar-refractivity contribution in [1.82, 2.24) is 0 Å². The van der Waals surface area contributed by atoms with Gasteiger partial charge in [-0.25, -0.2) is 0 Å². The Hall–Kier alpha value is -1.85. The Morgan fingerprint density at radius 2 is 1.96 bits per heavy atom. The van der Waals surface area contributed by atoms with Crippen LogP contribution in [0.25, 0.3) is 0 Å². The molecule has 4 nitrogen and oxygen atoms in total. The van der Waals surface area contributed by atoms with E-state index in [-0.39, 0.29) is 23.7 Å². The third kappa shape index (κ3) is 3.97. The molecule has 2 amide bonds. The summed E-state index contributed by atoms with van der Waals surface area (Å²) in [5.41, 5.74) is 2.26. The lowest BCUT2D eigenvalue weighted by atomic mass is 10.1. The number of amides is 2. The molecule has 0 heterocycles. The number of hydrogen-bond donors (Lipinski definition) is 2. The van der Waals surface area contributed by atoms with E-state index in [0.717, 1.165) is 16.5 Å². The highest BCUT2D eigenvalue weighted by Gasteiger charge is 2.44. The van der Waals surface area contributed by atoms with Gasteiger partial charge in [-0.05, 0) is 48.2 Å². The van der Waals surface area contributed by atoms with Gasteiger partial charge in [-0.2, -0.15) is 0 Å². The molecule has 0 aromatic heterocycles. The lowest BCUT2D eigenvalue weighted by Gasteiger charge is -2.10. The summed E-state index contributed by atoms with van der Waals surface area (Å²) in [4.78, 5) is 23.6. The van der Waals surface area contributed by atoms with Crippen molar-refractivity contribution >= 4 is 50.7 Å². The number of carbonyl (C=O) groups excluding carboxylic acids is 2. The van der Waals surface area contributed by atoms with Crippen LogP contribution in [0.4, 0.5) is 11.4 Å². The van der Waals surface area contributed by atoms with Gasteiger partial charge >= 0.3 is 0 Å². The smallest absolute Gasteiger partial charge is 0.228 e. The monoisotopic (exact) mass is 406 g/mol. The average molecular weight is 408 g/mol. The van der Waals surface area contributed by atoms with Crippen LogP contribution in [-0.4, -0.2) is 11.8 Å². The van der Waals surface area contributed by atoms with Crippen LogP contribution in [-0.2, 0) is 9.59 Å². The maximum absolute atomic E-state index is 12.5. The van der Waals surface area contributed by atoms with Gasteiger partial charge in [-0.15, -0.1) is 0 Å². The summed E-state index contributed by atoms with van der Waals surface area (Å²) in [6, 6.07) is 13.0. The van der Waals surface area contributed by atoms with Gasteiger partial charge in [0.05, 0.1) is 10.7 Å². The third-order valence-corrected chi connectivity index (χ3v) is 4.77. The Bertz CT molecular complexity index is 809. The number of benzene rings is 2. The first-order valence-corrected chi connectivity index (χ1v) is 8.74. The minimum absolute atomic E-state index is 0.0538. The van der Waals surface area contributed by atoms with Crippen molar-refractivity contribution in [3.8, 4) is 0 Å². The summed E-state index contributed by atoms with van der Waals surface area (Å²) in [6.45, 7) is 1.43. The van der Waals surface area contributed by atoms with E-state index in [1.54, 1.807) is 18.2 Å². The second-order valence-corrected chi connectivity index (χ2v) is 7.19. The van der Waals surface area contributed by atoms with E-state index in [0.29, 0.717) is 16.4 Å². The zero-order chi connectivity index (χ0) is 17.3. The fourth-order valence-electron chi connectivity index (χ4n) is 2.72. The van der Waals surface area contributed by atoms with Crippen LogP contribution in [0.3, 0.4) is 0 Å². The maximum atomic E-state index is 12.5. The van der Waals surface area contributed by atoms with Gasteiger partial charge in [0.15, 0.2) is 0 Å². The van der Waals surface area contributed by atoms with E-state index in [9.17, 15) is 9.59 Å². The summed E-state index contributed by atoms with van der Waals surface area (Å²) < 4.78 is 1.01. The van der Waals surface area contributed by atoms with Crippen LogP contribution in [0.5, 0.6) is 0 Å². The first-order valence-electron chi connectivity index (χ1n) is 7.57. The summed E-state index contributed by atoms with van der Waals surface area (Å²) in [7, 11) is 0. The number of rotatable bonds is 4. The number of carbonyl (C=O) groups is 2. The molecule has 1 saturated carbocycles. The van der Waals surface area contributed by atoms with Crippen LogP contribution in [0.1, 0.15) is 24.8 Å². The molecular formula is C18H16BrClN2O2. The van der Waals surface area contributed by atoms with E-state index in [2.05, 4.69) is 26.6 Å². The van der Waals surface area contributed by atoms with Gasteiger partial charge < -0.3 is 10.6 Å². The molecule has 2 unspecified atom stereocenters. The lowest BCUT2D eigenvalue weighted by Crippen LogP contribution is -2.15. The molecule has 1 fully saturated rings. The number of nitrogens with one attached hydrogen (secondary N) is 2. The van der Waals surface area contributed by atoms with Crippen LogP contribution in [0, 0.1) is 5.92 Å². The minimum atomic E-state index is -0.175. The first-order chi connectivity index (χ1) is 11.4. The predicted octanol–water partition coefficient (Wildman–Crippen LogP) is 4.80. The highest BCUT2D eigenvalue weighted by Crippen LogP contribution is 2.48. The summed E-state index contributed by atoms with van der Waals surface area (Å²) in [5, 5.41) is 5.99. The zero-order valence-electron chi connectivity index (χ0n) is 13.0. The molecule has 124 valence electrons. The molecule has 1 aliphatic carbocycles. The van der Waals surface area contributed by atoms with Crippen molar-refractivity contribution < 1.29 is 9.59 Å². The second kappa shape index (κ2) is 6.95. The number of hydrogen-bond acceptors (Lipinski definition) is 2. The molecule has 0 bridgehead atoms. The van der Waals surface area contributed by atoms with Gasteiger partial charge in [-0.3, -0.25) is 9.59 Å². The Morgan fingerprint density at radius 1 is 1.17 bits per heavy atom. The van der Waals surface area contributed by atoms with E-state index >= 15 is 0 Å². The zero-order valence-corrected chi connectivity index (χ0v) is 15.3. The summed E-state index contributed by atoms with van der Waals surface area (Å²) in [5.74, 6) is -0.0482. The molecule has 2 aromatic carbocycles. The van der Waals surface area contributed by atoms with Gasteiger partial charge in [0.2, 0.25) is 11.8 Å². The summed E-state index contributed by atoms with van der Waals surface area (Å²) in [6.07, 6.45) is 0.825. The van der Waals surface area contributed by atoms with Crippen molar-refractivity contribution in [2.45, 2.75) is 19.3 Å². The Balaban J connectivity index is 1.69. The molecule has 6 heteroatoms. The van der Waals surface area contributed by atoms with E-state index in [1.165, 1.54) is 6.92 Å². The highest BCUT2D eigenvalue weighted by atomic mass is 79.9. The highest BCUT2D eigenvalue weighted by molar-refractivity contribution is 9.10. The van der Waals surface area contributed by atoms with Crippen molar-refractivity contribution in [2.24, 2.45) is 5.92 Å². The Labute approximate surface area is 153 Å². The minimum Gasteiger partial charge on any atom is -0.326 e. The quantitative estimate of drug-likeness (QED) is 0.764. The molecule has 24 heavy (non-hydrogen) atoms. The fraction of sp³-hybridized carbons (Fsp3) is 0.222. The Morgan fingerprint density at radius 3 is 2.67 bits per heavy atom. The van der Waals surface area contributed by atoms with Crippen molar-refractivity contribution in [3.05, 3.63) is 57.5 Å². The van der Waals surface area contributed by atoms with E-state index < -0.39 is 0 Å². The third-order valence-electron chi connectivity index (χ3n) is 3.95. The molecule has 1 aliphatic rings. The van der Waals surface area contributed by atoms with Gasteiger partial charge in [0.25, 0.3) is 0 Å².